The molecule has 1 atom stereocenters. The zero-order valence-electron chi connectivity index (χ0n) is 40.3. The second kappa shape index (κ2) is 20.4. The normalized spacial score (nSPS) is 14.5. The average molecular weight is 927 g/mol. The van der Waals surface area contributed by atoms with Gasteiger partial charge in [0.25, 0.3) is 0 Å². The number of pyridine rings is 1. The molecule has 2 aliphatic heterocycles. The number of aryl methyl sites for hydroxylation is 3. The van der Waals surface area contributed by atoms with Gasteiger partial charge in [-0.2, -0.15) is 5.10 Å². The Labute approximate surface area is 411 Å². The predicted octanol–water partition coefficient (Wildman–Crippen LogP) is 14.3. The van der Waals surface area contributed by atoms with Gasteiger partial charge < -0.3 is 20.9 Å². The van der Waals surface area contributed by atoms with Crippen molar-refractivity contribution in [3.8, 4) is 11.1 Å². The number of hydrogen-bond donors (Lipinski definition) is 3. The number of para-hydroxylation sites is 1. The summed E-state index contributed by atoms with van der Waals surface area (Å²) in [5, 5.41) is 17.4. The van der Waals surface area contributed by atoms with Crippen LogP contribution in [-0.2, 0) is 32.9 Å². The topological polar surface area (TPSA) is 82.9 Å². The smallest absolute Gasteiger partial charge is 0.188 e. The van der Waals surface area contributed by atoms with E-state index in [2.05, 4.69) is 177 Å². The molecule has 348 valence electrons. The van der Waals surface area contributed by atoms with Gasteiger partial charge in [-0.15, -0.1) is 13.2 Å². The fraction of sp³-hybridized carbons (Fsp3) is 0.217. The van der Waals surface area contributed by atoms with Crippen molar-refractivity contribution in [2.24, 2.45) is 7.05 Å². The standard InChI is InChI=1S/C58H58N8S.C2H4/c1-36(60-46-26-28-51-54(34-46)65(7)64-57(51)50-27-25-37(2)59-41(50)6)15-12-18-42-16-8-9-17-45(42)33-44-20-14-21-47(38(44)3)49-29-30-56(61-39(49)4)66-32-31-43-19-13-22-48(52(43)35-66)40(5)62-58-63-53-23-10-11-24-55(53)67-58;1-2/h8-11,13-14,16-17,19-24,26,28-30,34,50,59-60H,1-2,5-6,12,15,18,25,27,31-33,35H2,3-4,7H3,(H,62,63);1-2H2. The fourth-order valence-corrected chi connectivity index (χ4v) is 11.0. The number of piperidine rings is 1. The summed E-state index contributed by atoms with van der Waals surface area (Å²) in [5.74, 6) is 1.17. The number of allylic oxidation sites excluding steroid dienone is 3. The number of thiazole rings is 1. The molecule has 0 radical (unpaired) electrons. The van der Waals surface area contributed by atoms with Gasteiger partial charge in [-0.3, -0.25) is 4.68 Å². The Morgan fingerprint density at radius 3 is 2.41 bits per heavy atom. The van der Waals surface area contributed by atoms with Gasteiger partial charge in [0.15, 0.2) is 5.13 Å². The molecule has 8 nitrogen and oxygen atoms in total. The molecule has 0 aliphatic carbocycles. The number of rotatable bonds is 14. The summed E-state index contributed by atoms with van der Waals surface area (Å²) in [7, 11) is 2.02. The van der Waals surface area contributed by atoms with Crippen LogP contribution in [0.3, 0.4) is 0 Å². The van der Waals surface area contributed by atoms with Gasteiger partial charge in [0.2, 0.25) is 0 Å². The van der Waals surface area contributed by atoms with Crippen molar-refractivity contribution >= 4 is 54.8 Å². The molecule has 5 aromatic carbocycles. The van der Waals surface area contributed by atoms with Crippen LogP contribution in [0.5, 0.6) is 0 Å². The lowest BCUT2D eigenvalue weighted by atomic mass is 9.90. The van der Waals surface area contributed by atoms with Gasteiger partial charge in [0.05, 0.1) is 21.4 Å². The van der Waals surface area contributed by atoms with E-state index in [1.165, 1.54) is 44.5 Å². The van der Waals surface area contributed by atoms with Crippen molar-refractivity contribution in [1.82, 2.24) is 25.1 Å². The first kappa shape index (κ1) is 46.6. The van der Waals surface area contributed by atoms with Crippen molar-refractivity contribution in [3.63, 3.8) is 0 Å². The first-order valence-electron chi connectivity index (χ1n) is 23.9. The minimum absolute atomic E-state index is 0.172. The van der Waals surface area contributed by atoms with Crippen LogP contribution in [-0.4, -0.2) is 26.3 Å². The number of nitrogens with one attached hydrogen (secondary N) is 3. The molecule has 3 aromatic heterocycles. The molecular formula is C60H62N8S. The third-order valence-electron chi connectivity index (χ3n) is 13.7. The van der Waals surface area contributed by atoms with E-state index in [0.29, 0.717) is 0 Å². The summed E-state index contributed by atoms with van der Waals surface area (Å²) in [5.41, 5.74) is 20.7. The first-order valence-corrected chi connectivity index (χ1v) is 24.7. The Balaban J connectivity index is 0.00000293. The molecule has 10 rings (SSSR count). The third-order valence-corrected chi connectivity index (χ3v) is 14.7. The Morgan fingerprint density at radius 1 is 0.812 bits per heavy atom. The maximum Gasteiger partial charge on any atom is 0.188 e. The van der Waals surface area contributed by atoms with Gasteiger partial charge in [0, 0.05) is 76.7 Å². The molecule has 0 amide bonds. The van der Waals surface area contributed by atoms with Gasteiger partial charge in [-0.1, -0.05) is 110 Å². The zero-order valence-corrected chi connectivity index (χ0v) is 41.1. The summed E-state index contributed by atoms with van der Waals surface area (Å²) in [4.78, 5) is 12.5. The molecule has 0 spiro atoms. The van der Waals surface area contributed by atoms with E-state index in [1.54, 1.807) is 11.3 Å². The summed E-state index contributed by atoms with van der Waals surface area (Å²) >= 11 is 1.65. The van der Waals surface area contributed by atoms with Crippen molar-refractivity contribution in [2.75, 3.05) is 22.1 Å². The molecule has 8 aromatic rings. The Bertz CT molecular complexity index is 3230. The quantitative estimate of drug-likeness (QED) is 0.0937. The van der Waals surface area contributed by atoms with Crippen molar-refractivity contribution < 1.29 is 0 Å². The molecule has 2 aliphatic rings. The zero-order chi connectivity index (χ0) is 48.2. The highest BCUT2D eigenvalue weighted by Crippen LogP contribution is 2.38. The summed E-state index contributed by atoms with van der Waals surface area (Å²) in [6.07, 6.45) is 6.57. The number of hydrogen-bond acceptors (Lipinski definition) is 8. The van der Waals surface area contributed by atoms with E-state index in [-0.39, 0.29) is 5.92 Å². The Kier molecular flexibility index (Phi) is 13.8. The molecule has 1 fully saturated rings. The van der Waals surface area contributed by atoms with Crippen molar-refractivity contribution in [1.29, 1.82) is 0 Å². The summed E-state index contributed by atoms with van der Waals surface area (Å²) in [6, 6.07) is 41.4. The molecular weight excluding hydrogens is 865 g/mol. The molecule has 5 heterocycles. The van der Waals surface area contributed by atoms with Crippen LogP contribution >= 0.6 is 11.3 Å². The highest BCUT2D eigenvalue weighted by Gasteiger charge is 2.26. The minimum Gasteiger partial charge on any atom is -0.363 e. The van der Waals surface area contributed by atoms with Gasteiger partial charge in [0.1, 0.15) is 5.82 Å². The number of anilines is 3. The van der Waals surface area contributed by atoms with Crippen LogP contribution in [0.25, 0.3) is 37.9 Å². The van der Waals surface area contributed by atoms with Gasteiger partial charge in [-0.25, -0.2) is 9.97 Å². The molecule has 9 heteroatoms. The highest BCUT2D eigenvalue weighted by atomic mass is 32.1. The van der Waals surface area contributed by atoms with E-state index in [1.807, 2.05) is 23.9 Å². The number of nitrogens with zero attached hydrogens (tertiary/aromatic N) is 5. The van der Waals surface area contributed by atoms with E-state index >= 15 is 0 Å². The molecule has 69 heavy (non-hydrogen) atoms. The number of benzene rings is 5. The molecule has 1 saturated heterocycles. The lowest BCUT2D eigenvalue weighted by Crippen LogP contribution is -2.32. The number of aromatic nitrogens is 4. The van der Waals surface area contributed by atoms with Gasteiger partial charge in [-0.05, 0) is 140 Å². The largest absolute Gasteiger partial charge is 0.363 e. The van der Waals surface area contributed by atoms with Gasteiger partial charge >= 0.3 is 0 Å². The molecule has 1 unspecified atom stereocenters. The van der Waals surface area contributed by atoms with Crippen LogP contribution in [0.4, 0.5) is 16.6 Å². The third kappa shape index (κ3) is 9.92. The van der Waals surface area contributed by atoms with Crippen LogP contribution in [0.2, 0.25) is 0 Å². The van der Waals surface area contributed by atoms with Crippen LogP contribution in [0, 0.1) is 13.8 Å². The Hall–Kier alpha value is -7.49. The summed E-state index contributed by atoms with van der Waals surface area (Å²) in [6.45, 7) is 29.3. The van der Waals surface area contributed by atoms with Crippen LogP contribution in [0.15, 0.2) is 172 Å². The van der Waals surface area contributed by atoms with E-state index in [0.717, 1.165) is 136 Å². The molecule has 3 N–H and O–H groups in total. The fourth-order valence-electron chi connectivity index (χ4n) is 10.1. The SMILES string of the molecule is C=C.C=C1CCC(c2nn(C)c3cc(NC(=C)CCCc4ccccc4Cc4cccc(-c5ccc(N6CCc7cccc(C(=C)Nc8nc9ccccc9s8)c7C6)nc5C)c4C)ccc23)C(=C)N1. The average Bonchev–Trinajstić information content (AvgIpc) is 3.92. The second-order valence-corrected chi connectivity index (χ2v) is 19.2. The molecule has 0 saturated carbocycles. The second-order valence-electron chi connectivity index (χ2n) is 18.2. The molecule has 0 bridgehead atoms. The predicted molar refractivity (Wildman–Crippen MR) is 293 cm³/mol. The highest BCUT2D eigenvalue weighted by molar-refractivity contribution is 7.22. The number of fused-ring (bicyclic) bond motifs is 3. The van der Waals surface area contributed by atoms with Crippen LogP contribution < -0.4 is 20.9 Å². The van der Waals surface area contributed by atoms with Crippen LogP contribution in [0.1, 0.15) is 81.9 Å². The first-order chi connectivity index (χ1) is 33.6. The van der Waals surface area contributed by atoms with Crippen molar-refractivity contribution in [3.05, 3.63) is 222 Å². The summed E-state index contributed by atoms with van der Waals surface area (Å²) < 4.78 is 3.14. The lowest BCUT2D eigenvalue weighted by Gasteiger charge is -2.32. The lowest BCUT2D eigenvalue weighted by molar-refractivity contribution is 0.575. The maximum atomic E-state index is 5.25. The van der Waals surface area contributed by atoms with E-state index in [4.69, 9.17) is 15.1 Å². The Morgan fingerprint density at radius 2 is 1.59 bits per heavy atom. The van der Waals surface area contributed by atoms with Crippen molar-refractivity contribution in [2.45, 2.75) is 71.3 Å². The minimum atomic E-state index is 0.172. The van der Waals surface area contributed by atoms with E-state index < -0.39 is 0 Å². The van der Waals surface area contributed by atoms with E-state index in [9.17, 15) is 0 Å². The monoisotopic (exact) mass is 926 g/mol. The maximum absolute atomic E-state index is 5.25.